The molecule has 0 bridgehead atoms. The van der Waals surface area contributed by atoms with Crippen LogP contribution in [0.5, 0.6) is 0 Å². The van der Waals surface area contributed by atoms with E-state index < -0.39 is 0 Å². The minimum atomic E-state index is 0.117. The van der Waals surface area contributed by atoms with E-state index in [0.29, 0.717) is 6.42 Å². The molecule has 1 amide bonds. The Kier molecular flexibility index (Phi) is 2.77. The summed E-state index contributed by atoms with van der Waals surface area (Å²) in [5.41, 5.74) is 0.975. The van der Waals surface area contributed by atoms with Gasteiger partial charge in [0.15, 0.2) is 0 Å². The Bertz CT molecular complexity index is 310. The summed E-state index contributed by atoms with van der Waals surface area (Å²) in [5.74, 6) is 0.151. The van der Waals surface area contributed by atoms with Gasteiger partial charge in [0.1, 0.15) is 0 Å². The number of carbonyl (C=O) groups is 1. The van der Waals surface area contributed by atoms with Gasteiger partial charge in [0.05, 0.1) is 11.7 Å². The van der Waals surface area contributed by atoms with Gasteiger partial charge in [-0.25, -0.2) is 0 Å². The highest BCUT2D eigenvalue weighted by atomic mass is 16.1. The van der Waals surface area contributed by atoms with E-state index in [2.05, 4.69) is 10.3 Å². The van der Waals surface area contributed by atoms with Crippen LogP contribution in [0, 0.1) is 0 Å². The number of amides is 1. The molecule has 0 aliphatic carbocycles. The van der Waals surface area contributed by atoms with Crippen molar-refractivity contribution in [3.63, 3.8) is 0 Å². The SMILES string of the molecule is O=C1CCCC[C@H](c2ccccn2)N1. The highest BCUT2D eigenvalue weighted by Crippen LogP contribution is 2.20. The first kappa shape index (κ1) is 9.19. The summed E-state index contributed by atoms with van der Waals surface area (Å²) < 4.78 is 0. The van der Waals surface area contributed by atoms with Crippen molar-refractivity contribution in [3.8, 4) is 0 Å². The summed E-state index contributed by atoms with van der Waals surface area (Å²) in [6.07, 6.45) is 5.52. The van der Waals surface area contributed by atoms with Crippen molar-refractivity contribution >= 4 is 5.91 Å². The van der Waals surface area contributed by atoms with Crippen molar-refractivity contribution in [3.05, 3.63) is 30.1 Å². The van der Waals surface area contributed by atoms with Crippen molar-refractivity contribution in [2.75, 3.05) is 0 Å². The second-order valence-electron chi connectivity index (χ2n) is 3.62. The van der Waals surface area contributed by atoms with Gasteiger partial charge in [0.25, 0.3) is 0 Å². The Morgan fingerprint density at radius 3 is 3.07 bits per heavy atom. The smallest absolute Gasteiger partial charge is 0.220 e. The zero-order valence-corrected chi connectivity index (χ0v) is 8.07. The molecule has 0 spiro atoms. The van der Waals surface area contributed by atoms with E-state index in [0.717, 1.165) is 25.0 Å². The van der Waals surface area contributed by atoms with Crippen LogP contribution in [0.2, 0.25) is 0 Å². The van der Waals surface area contributed by atoms with Crippen LogP contribution in [0.3, 0.4) is 0 Å². The minimum Gasteiger partial charge on any atom is -0.348 e. The number of hydrogen-bond donors (Lipinski definition) is 1. The van der Waals surface area contributed by atoms with Crippen LogP contribution < -0.4 is 5.32 Å². The number of pyridine rings is 1. The fraction of sp³-hybridized carbons (Fsp3) is 0.455. The second kappa shape index (κ2) is 4.22. The number of nitrogens with zero attached hydrogens (tertiary/aromatic N) is 1. The molecule has 0 unspecified atom stereocenters. The topological polar surface area (TPSA) is 42.0 Å². The number of hydrogen-bond acceptors (Lipinski definition) is 2. The Balaban J connectivity index is 2.13. The first-order chi connectivity index (χ1) is 6.86. The first-order valence-corrected chi connectivity index (χ1v) is 5.06. The standard InChI is InChI=1S/C11H14N2O/c14-11-7-2-1-6-10(13-11)9-5-3-4-8-12-9/h3-5,8,10H,1-2,6-7H2,(H,13,14)/t10-/m1/s1. The van der Waals surface area contributed by atoms with Crippen molar-refractivity contribution < 1.29 is 4.79 Å². The number of carbonyl (C=O) groups excluding carboxylic acids is 1. The molecule has 1 aliphatic rings. The predicted octanol–water partition coefficient (Wildman–Crippen LogP) is 1.81. The van der Waals surface area contributed by atoms with Gasteiger partial charge in [-0.2, -0.15) is 0 Å². The fourth-order valence-corrected chi connectivity index (χ4v) is 1.78. The maximum Gasteiger partial charge on any atom is 0.220 e. The van der Waals surface area contributed by atoms with Gasteiger partial charge in [-0.05, 0) is 25.0 Å². The van der Waals surface area contributed by atoms with Crippen LogP contribution in [0.15, 0.2) is 24.4 Å². The monoisotopic (exact) mass is 190 g/mol. The molecule has 3 heteroatoms. The third kappa shape index (κ3) is 2.10. The van der Waals surface area contributed by atoms with Gasteiger partial charge in [0.2, 0.25) is 5.91 Å². The molecule has 74 valence electrons. The van der Waals surface area contributed by atoms with Crippen molar-refractivity contribution in [1.29, 1.82) is 0 Å². The summed E-state index contributed by atoms with van der Waals surface area (Å²) in [5, 5.41) is 2.99. The molecule has 1 aliphatic heterocycles. The lowest BCUT2D eigenvalue weighted by Crippen LogP contribution is -2.26. The summed E-state index contributed by atoms with van der Waals surface area (Å²) in [6.45, 7) is 0. The Hall–Kier alpha value is -1.38. The van der Waals surface area contributed by atoms with Gasteiger partial charge in [0, 0.05) is 12.6 Å². The molecule has 3 nitrogen and oxygen atoms in total. The van der Waals surface area contributed by atoms with Gasteiger partial charge in [-0.15, -0.1) is 0 Å². The maximum absolute atomic E-state index is 11.3. The molecular weight excluding hydrogens is 176 g/mol. The third-order valence-electron chi connectivity index (χ3n) is 2.53. The van der Waals surface area contributed by atoms with E-state index in [4.69, 9.17) is 0 Å². The molecule has 1 saturated heterocycles. The molecule has 0 saturated carbocycles. The third-order valence-corrected chi connectivity index (χ3v) is 2.53. The zero-order chi connectivity index (χ0) is 9.80. The average Bonchev–Trinajstić information content (AvgIpc) is 2.44. The van der Waals surface area contributed by atoms with E-state index in [9.17, 15) is 4.79 Å². The predicted molar refractivity (Wildman–Crippen MR) is 53.6 cm³/mol. The molecule has 1 aromatic heterocycles. The Morgan fingerprint density at radius 1 is 1.36 bits per heavy atom. The lowest BCUT2D eigenvalue weighted by Gasteiger charge is -2.14. The molecule has 0 aromatic carbocycles. The summed E-state index contributed by atoms with van der Waals surface area (Å²) in [4.78, 5) is 15.6. The Labute approximate surface area is 83.5 Å². The molecule has 1 fully saturated rings. The number of rotatable bonds is 1. The Morgan fingerprint density at radius 2 is 2.29 bits per heavy atom. The minimum absolute atomic E-state index is 0.117. The first-order valence-electron chi connectivity index (χ1n) is 5.06. The van der Waals surface area contributed by atoms with Crippen LogP contribution in [0.4, 0.5) is 0 Å². The molecule has 0 radical (unpaired) electrons. The molecule has 1 aromatic rings. The van der Waals surface area contributed by atoms with Crippen LogP contribution in [-0.2, 0) is 4.79 Å². The van der Waals surface area contributed by atoms with E-state index in [1.54, 1.807) is 6.20 Å². The van der Waals surface area contributed by atoms with Crippen LogP contribution in [0.1, 0.15) is 37.4 Å². The number of aromatic nitrogens is 1. The van der Waals surface area contributed by atoms with Gasteiger partial charge < -0.3 is 5.32 Å². The van der Waals surface area contributed by atoms with Gasteiger partial charge >= 0.3 is 0 Å². The molecule has 1 atom stereocenters. The van der Waals surface area contributed by atoms with E-state index in [1.165, 1.54) is 0 Å². The van der Waals surface area contributed by atoms with Gasteiger partial charge in [-0.3, -0.25) is 9.78 Å². The highest BCUT2D eigenvalue weighted by molar-refractivity contribution is 5.76. The van der Waals surface area contributed by atoms with Gasteiger partial charge in [-0.1, -0.05) is 12.5 Å². The van der Waals surface area contributed by atoms with E-state index >= 15 is 0 Å². The van der Waals surface area contributed by atoms with Crippen LogP contribution in [-0.4, -0.2) is 10.9 Å². The molecule has 2 heterocycles. The van der Waals surface area contributed by atoms with Crippen molar-refractivity contribution in [2.45, 2.75) is 31.7 Å². The van der Waals surface area contributed by atoms with Crippen LogP contribution in [0.25, 0.3) is 0 Å². The quantitative estimate of drug-likeness (QED) is 0.733. The van der Waals surface area contributed by atoms with Crippen molar-refractivity contribution in [2.24, 2.45) is 0 Å². The van der Waals surface area contributed by atoms with E-state index in [1.807, 2.05) is 18.2 Å². The zero-order valence-electron chi connectivity index (χ0n) is 8.07. The lowest BCUT2D eigenvalue weighted by atomic mass is 10.1. The average molecular weight is 190 g/mol. The second-order valence-corrected chi connectivity index (χ2v) is 3.62. The fourth-order valence-electron chi connectivity index (χ4n) is 1.78. The molecule has 1 N–H and O–H groups in total. The largest absolute Gasteiger partial charge is 0.348 e. The van der Waals surface area contributed by atoms with E-state index in [-0.39, 0.29) is 11.9 Å². The maximum atomic E-state index is 11.3. The molecule has 2 rings (SSSR count). The summed E-state index contributed by atoms with van der Waals surface area (Å²) in [6, 6.07) is 5.93. The summed E-state index contributed by atoms with van der Waals surface area (Å²) >= 11 is 0. The summed E-state index contributed by atoms with van der Waals surface area (Å²) in [7, 11) is 0. The number of nitrogens with one attached hydrogen (secondary N) is 1. The molecule has 14 heavy (non-hydrogen) atoms. The molecular formula is C11H14N2O. The van der Waals surface area contributed by atoms with Crippen molar-refractivity contribution in [1.82, 2.24) is 10.3 Å². The normalized spacial score (nSPS) is 22.6. The highest BCUT2D eigenvalue weighted by Gasteiger charge is 2.18. The van der Waals surface area contributed by atoms with Crippen LogP contribution >= 0.6 is 0 Å². The lowest BCUT2D eigenvalue weighted by molar-refractivity contribution is -0.121.